The van der Waals surface area contributed by atoms with Crippen molar-refractivity contribution in [3.05, 3.63) is 0 Å². The predicted molar refractivity (Wildman–Crippen MR) is 61.8 cm³/mol. The Morgan fingerprint density at radius 3 is 2.44 bits per heavy atom. The van der Waals surface area contributed by atoms with Crippen LogP contribution in [0.1, 0.15) is 38.5 Å². The molecular formula is C11H19NO3S. The first-order chi connectivity index (χ1) is 7.55. The van der Waals surface area contributed by atoms with E-state index < -0.39 is 9.84 Å². The second-order valence-corrected chi connectivity index (χ2v) is 7.25. The number of hydrogen-bond donors (Lipinski definition) is 1. The van der Waals surface area contributed by atoms with E-state index in [4.69, 9.17) is 0 Å². The van der Waals surface area contributed by atoms with E-state index >= 15 is 0 Å². The summed E-state index contributed by atoms with van der Waals surface area (Å²) in [6.45, 7) is 0. The minimum atomic E-state index is -2.88. The van der Waals surface area contributed by atoms with E-state index in [9.17, 15) is 13.2 Å². The molecule has 4 nitrogen and oxygen atoms in total. The van der Waals surface area contributed by atoms with Crippen LogP contribution in [0.4, 0.5) is 0 Å². The van der Waals surface area contributed by atoms with Gasteiger partial charge in [-0.3, -0.25) is 4.79 Å². The van der Waals surface area contributed by atoms with Crippen molar-refractivity contribution < 1.29 is 13.2 Å². The summed E-state index contributed by atoms with van der Waals surface area (Å²) in [6, 6.07) is -0.140. The van der Waals surface area contributed by atoms with Crippen LogP contribution < -0.4 is 5.32 Å². The summed E-state index contributed by atoms with van der Waals surface area (Å²) in [6.07, 6.45) is 5.92. The summed E-state index contributed by atoms with van der Waals surface area (Å²) in [5.41, 5.74) is 0. The molecule has 0 aromatic rings. The van der Waals surface area contributed by atoms with Gasteiger partial charge in [-0.15, -0.1) is 0 Å². The van der Waals surface area contributed by atoms with Crippen LogP contribution in [0.2, 0.25) is 0 Å². The normalized spacial score (nSPS) is 29.4. The third-order valence-electron chi connectivity index (χ3n) is 3.55. The van der Waals surface area contributed by atoms with Crippen LogP contribution in [0, 0.1) is 5.92 Å². The highest BCUT2D eigenvalue weighted by Crippen LogP contribution is 2.27. The zero-order valence-electron chi connectivity index (χ0n) is 9.44. The molecule has 1 saturated carbocycles. The van der Waals surface area contributed by atoms with Crippen LogP contribution in [0.3, 0.4) is 0 Å². The molecule has 1 aliphatic heterocycles. The molecule has 2 fully saturated rings. The second-order valence-electron chi connectivity index (χ2n) is 5.02. The number of carbonyl (C=O) groups excluding carboxylic acids is 1. The Morgan fingerprint density at radius 2 is 1.88 bits per heavy atom. The Kier molecular flexibility index (Phi) is 3.52. The molecule has 16 heavy (non-hydrogen) atoms. The molecule has 1 N–H and O–H groups in total. The van der Waals surface area contributed by atoms with Gasteiger partial charge in [-0.05, 0) is 25.2 Å². The van der Waals surface area contributed by atoms with E-state index in [0.29, 0.717) is 18.8 Å². The average molecular weight is 245 g/mol. The van der Waals surface area contributed by atoms with Crippen molar-refractivity contribution in [2.45, 2.75) is 44.6 Å². The molecule has 1 amide bonds. The molecule has 0 aromatic heterocycles. The number of amides is 1. The van der Waals surface area contributed by atoms with E-state index in [1.54, 1.807) is 0 Å². The molecule has 92 valence electrons. The molecule has 0 radical (unpaired) electrons. The van der Waals surface area contributed by atoms with Crippen molar-refractivity contribution in [1.82, 2.24) is 5.32 Å². The molecule has 5 heteroatoms. The quantitative estimate of drug-likeness (QED) is 0.802. The largest absolute Gasteiger partial charge is 0.352 e. The van der Waals surface area contributed by atoms with E-state index in [-0.39, 0.29) is 23.5 Å². The monoisotopic (exact) mass is 245 g/mol. The van der Waals surface area contributed by atoms with Gasteiger partial charge in [0.2, 0.25) is 5.91 Å². The summed E-state index contributed by atoms with van der Waals surface area (Å²) in [5.74, 6) is 0.914. The van der Waals surface area contributed by atoms with Gasteiger partial charge in [-0.2, -0.15) is 0 Å². The molecule has 2 rings (SSSR count). The average Bonchev–Trinajstić information content (AvgIpc) is 2.76. The minimum Gasteiger partial charge on any atom is -0.352 e. The Morgan fingerprint density at radius 1 is 1.19 bits per heavy atom. The second kappa shape index (κ2) is 4.73. The number of nitrogens with one attached hydrogen (secondary N) is 1. The van der Waals surface area contributed by atoms with E-state index in [0.717, 1.165) is 12.8 Å². The van der Waals surface area contributed by atoms with Crippen LogP contribution in [-0.2, 0) is 14.6 Å². The summed E-state index contributed by atoms with van der Waals surface area (Å²) in [7, 11) is -2.88. The Hall–Kier alpha value is -0.580. The summed E-state index contributed by atoms with van der Waals surface area (Å²) < 4.78 is 22.4. The standard InChI is InChI=1S/C11H19NO3S/c13-11(7-9-3-1-2-4-9)12-10-5-6-16(14,15)8-10/h9-10H,1-8H2,(H,12,13). The van der Waals surface area contributed by atoms with E-state index in [2.05, 4.69) is 5.32 Å². The number of rotatable bonds is 3. The van der Waals surface area contributed by atoms with E-state index in [1.165, 1.54) is 12.8 Å². The first-order valence-corrected chi connectivity index (χ1v) is 7.87. The number of sulfone groups is 1. The molecular weight excluding hydrogens is 226 g/mol. The molecule has 1 atom stereocenters. The van der Waals surface area contributed by atoms with Crippen molar-refractivity contribution in [3.8, 4) is 0 Å². The molecule has 0 bridgehead atoms. The summed E-state index contributed by atoms with van der Waals surface area (Å²) in [4.78, 5) is 11.7. The highest BCUT2D eigenvalue weighted by molar-refractivity contribution is 7.91. The summed E-state index contributed by atoms with van der Waals surface area (Å²) >= 11 is 0. The lowest BCUT2D eigenvalue weighted by molar-refractivity contribution is -0.122. The molecule has 1 unspecified atom stereocenters. The topological polar surface area (TPSA) is 63.2 Å². The number of carbonyl (C=O) groups is 1. The molecule has 0 spiro atoms. The molecule has 1 heterocycles. The SMILES string of the molecule is O=C(CC1CCCC1)NC1CCS(=O)(=O)C1. The fourth-order valence-electron chi connectivity index (χ4n) is 2.67. The first kappa shape index (κ1) is 11.9. The van der Waals surface area contributed by atoms with Crippen molar-refractivity contribution in [2.24, 2.45) is 5.92 Å². The molecule has 2 aliphatic rings. The van der Waals surface area contributed by atoms with Crippen molar-refractivity contribution in [1.29, 1.82) is 0 Å². The third-order valence-corrected chi connectivity index (χ3v) is 5.31. The first-order valence-electron chi connectivity index (χ1n) is 6.05. The summed E-state index contributed by atoms with van der Waals surface area (Å²) in [5, 5.41) is 2.84. The smallest absolute Gasteiger partial charge is 0.220 e. The van der Waals surface area contributed by atoms with E-state index in [1.807, 2.05) is 0 Å². The van der Waals surface area contributed by atoms with Crippen LogP contribution >= 0.6 is 0 Å². The zero-order valence-corrected chi connectivity index (χ0v) is 10.3. The van der Waals surface area contributed by atoms with Crippen LogP contribution in [0.25, 0.3) is 0 Å². The Balaban J connectivity index is 1.75. The molecule has 1 saturated heterocycles. The van der Waals surface area contributed by atoms with Crippen molar-refractivity contribution >= 4 is 15.7 Å². The van der Waals surface area contributed by atoms with Gasteiger partial charge in [-0.1, -0.05) is 12.8 Å². The number of hydrogen-bond acceptors (Lipinski definition) is 3. The van der Waals surface area contributed by atoms with Gasteiger partial charge in [0.15, 0.2) is 9.84 Å². The lowest BCUT2D eigenvalue weighted by Gasteiger charge is -2.13. The molecule has 1 aliphatic carbocycles. The Labute approximate surface area is 96.7 Å². The fourth-order valence-corrected chi connectivity index (χ4v) is 4.35. The maximum absolute atomic E-state index is 11.7. The lowest BCUT2D eigenvalue weighted by Crippen LogP contribution is -2.36. The minimum absolute atomic E-state index is 0.0361. The van der Waals surface area contributed by atoms with Crippen LogP contribution in [0.15, 0.2) is 0 Å². The highest BCUT2D eigenvalue weighted by atomic mass is 32.2. The predicted octanol–water partition coefficient (Wildman–Crippen LogP) is 0.870. The highest BCUT2D eigenvalue weighted by Gasteiger charge is 2.29. The van der Waals surface area contributed by atoms with Gasteiger partial charge in [0.25, 0.3) is 0 Å². The third kappa shape index (κ3) is 3.20. The Bertz CT molecular complexity index is 357. The van der Waals surface area contributed by atoms with Gasteiger partial charge >= 0.3 is 0 Å². The van der Waals surface area contributed by atoms with Crippen LogP contribution in [-0.4, -0.2) is 31.9 Å². The molecule has 0 aromatic carbocycles. The van der Waals surface area contributed by atoms with Crippen molar-refractivity contribution in [3.63, 3.8) is 0 Å². The van der Waals surface area contributed by atoms with Gasteiger partial charge in [0.05, 0.1) is 11.5 Å². The van der Waals surface area contributed by atoms with Gasteiger partial charge < -0.3 is 5.32 Å². The maximum atomic E-state index is 11.7. The zero-order chi connectivity index (χ0) is 11.6. The fraction of sp³-hybridized carbons (Fsp3) is 0.909. The lowest BCUT2D eigenvalue weighted by atomic mass is 10.0. The van der Waals surface area contributed by atoms with Crippen LogP contribution in [0.5, 0.6) is 0 Å². The van der Waals surface area contributed by atoms with Gasteiger partial charge in [0.1, 0.15) is 0 Å². The van der Waals surface area contributed by atoms with Gasteiger partial charge in [-0.25, -0.2) is 8.42 Å². The maximum Gasteiger partial charge on any atom is 0.220 e. The van der Waals surface area contributed by atoms with Gasteiger partial charge in [0, 0.05) is 12.5 Å². The van der Waals surface area contributed by atoms with Crippen molar-refractivity contribution in [2.75, 3.05) is 11.5 Å².